The summed E-state index contributed by atoms with van der Waals surface area (Å²) in [5, 5.41) is 34.5. The molecule has 7 heteroatoms. The average molecular weight is 582 g/mol. The molecule has 6 atom stereocenters. The topological polar surface area (TPSA) is 113 Å². The van der Waals surface area contributed by atoms with Crippen LogP contribution in [0.25, 0.3) is 6.08 Å². The van der Waals surface area contributed by atoms with Gasteiger partial charge < -0.3 is 24.6 Å². The van der Waals surface area contributed by atoms with E-state index in [1.165, 1.54) is 43.4 Å². The Morgan fingerprint density at radius 2 is 1.79 bits per heavy atom. The maximum absolute atomic E-state index is 12.1. The number of hydrogen-bond donors (Lipinski definition) is 3. The van der Waals surface area contributed by atoms with Crippen LogP contribution in [0, 0.1) is 40.9 Å². The molecule has 0 radical (unpaired) electrons. The summed E-state index contributed by atoms with van der Waals surface area (Å²) in [6, 6.07) is 10.6. The predicted molar refractivity (Wildman–Crippen MR) is 163 cm³/mol. The molecule has 4 aliphatic carbocycles. The van der Waals surface area contributed by atoms with Crippen LogP contribution in [0.4, 0.5) is 0 Å². The van der Waals surface area contributed by atoms with Gasteiger partial charge in [-0.1, -0.05) is 42.6 Å². The number of carbonyl (C=O) groups excluding carboxylic acids is 1. The van der Waals surface area contributed by atoms with Gasteiger partial charge in [-0.2, -0.15) is 0 Å². The molecule has 0 amide bonds. The number of aromatic nitrogens is 1. The highest BCUT2D eigenvalue weighted by atomic mass is 16.5. The van der Waals surface area contributed by atoms with Crippen LogP contribution in [0.15, 0.2) is 58.8 Å². The van der Waals surface area contributed by atoms with Crippen molar-refractivity contribution >= 4 is 11.9 Å². The number of methoxy groups -OCH3 is 1. The number of carbonyl (C=O) groups is 1. The number of ketones is 1. The highest BCUT2D eigenvalue weighted by molar-refractivity contribution is 6.12. The summed E-state index contributed by atoms with van der Waals surface area (Å²) in [5.74, 6) is 5.37. The Bertz CT molecular complexity index is 1630. The molecule has 0 aliphatic heterocycles. The number of benzene rings is 2. The predicted octanol–water partition coefficient (Wildman–Crippen LogP) is 6.56. The Morgan fingerprint density at radius 1 is 1.05 bits per heavy atom. The van der Waals surface area contributed by atoms with E-state index in [1.807, 2.05) is 6.20 Å². The van der Waals surface area contributed by atoms with E-state index in [4.69, 9.17) is 15.7 Å². The van der Waals surface area contributed by atoms with Gasteiger partial charge in [-0.15, -0.1) is 6.42 Å². The summed E-state index contributed by atoms with van der Waals surface area (Å²) in [5.41, 5.74) is 2.26. The number of fused-ring (bicyclic) bond motifs is 6. The first kappa shape index (κ1) is 29.1. The largest absolute Gasteiger partial charge is 0.507 e. The van der Waals surface area contributed by atoms with E-state index in [1.54, 1.807) is 23.8 Å². The maximum atomic E-state index is 12.1. The van der Waals surface area contributed by atoms with Crippen molar-refractivity contribution in [3.05, 3.63) is 76.7 Å². The van der Waals surface area contributed by atoms with Crippen LogP contribution in [0.5, 0.6) is 17.2 Å². The number of para-hydroxylation sites is 1. The SMILES string of the molecule is C#CC1(O)CCC2C3CCC4=Cc5oncc5CC4(C)C3CCC21C.COc1ccc(C(=O)c2ccccc2O)c(O)c1. The van der Waals surface area contributed by atoms with E-state index in [2.05, 4.69) is 31.0 Å². The molecule has 7 nitrogen and oxygen atoms in total. The first-order valence-corrected chi connectivity index (χ1v) is 15.1. The van der Waals surface area contributed by atoms with Crippen molar-refractivity contribution in [3.8, 4) is 29.6 Å². The molecule has 3 fully saturated rings. The number of phenols is 2. The van der Waals surface area contributed by atoms with Crippen molar-refractivity contribution in [2.75, 3.05) is 7.11 Å². The smallest absolute Gasteiger partial charge is 0.200 e. The zero-order valence-corrected chi connectivity index (χ0v) is 25.0. The fourth-order valence-corrected chi connectivity index (χ4v) is 8.78. The van der Waals surface area contributed by atoms with Crippen molar-refractivity contribution < 1.29 is 29.4 Å². The Hall–Kier alpha value is -4.02. The standard InChI is InChI=1S/C22H27NO2.C14H12O4/c1-4-22(24)10-8-18-16-6-5-15-11-19-14(13-23-25-19)12-20(15,2)17(16)7-9-21(18,22)3;1-18-9-6-7-11(13(16)8-9)14(17)10-4-2-3-5-12(10)15/h1,11,13,16-18,24H,5-10,12H2,2-3H3;2-8,15-16H,1H3. The van der Waals surface area contributed by atoms with Gasteiger partial charge in [0.25, 0.3) is 0 Å². The van der Waals surface area contributed by atoms with Crippen LogP contribution in [0.1, 0.15) is 79.6 Å². The Morgan fingerprint density at radius 3 is 2.51 bits per heavy atom. The van der Waals surface area contributed by atoms with E-state index >= 15 is 0 Å². The van der Waals surface area contributed by atoms with Crippen molar-refractivity contribution in [1.82, 2.24) is 5.16 Å². The van der Waals surface area contributed by atoms with Gasteiger partial charge in [0, 0.05) is 17.0 Å². The van der Waals surface area contributed by atoms with Crippen LogP contribution < -0.4 is 4.74 Å². The van der Waals surface area contributed by atoms with Gasteiger partial charge in [0.1, 0.15) is 22.8 Å². The van der Waals surface area contributed by atoms with Crippen molar-refractivity contribution in [2.24, 2.45) is 28.6 Å². The van der Waals surface area contributed by atoms with Gasteiger partial charge in [-0.25, -0.2) is 0 Å². The average Bonchev–Trinajstić information content (AvgIpc) is 3.56. The number of hydrogen-bond acceptors (Lipinski definition) is 7. The second-order valence-electron chi connectivity index (χ2n) is 13.1. The Balaban J connectivity index is 0.000000163. The molecule has 0 spiro atoms. The van der Waals surface area contributed by atoms with Gasteiger partial charge in [-0.3, -0.25) is 4.79 Å². The molecular formula is C36H39NO6. The summed E-state index contributed by atoms with van der Waals surface area (Å²) >= 11 is 0. The molecule has 0 bridgehead atoms. The molecule has 7 rings (SSSR count). The van der Waals surface area contributed by atoms with Crippen LogP contribution >= 0.6 is 0 Å². The van der Waals surface area contributed by atoms with Crippen LogP contribution in [-0.2, 0) is 6.42 Å². The zero-order chi connectivity index (χ0) is 30.6. The first-order valence-electron chi connectivity index (χ1n) is 15.1. The summed E-state index contributed by atoms with van der Waals surface area (Å²) in [7, 11) is 1.47. The highest BCUT2D eigenvalue weighted by Crippen LogP contribution is 2.67. The van der Waals surface area contributed by atoms with Gasteiger partial charge in [0.2, 0.25) is 0 Å². The number of nitrogens with zero attached hydrogens (tertiary/aromatic N) is 1. The fraction of sp³-hybridized carbons (Fsp3) is 0.444. The number of aromatic hydroxyl groups is 2. The molecule has 1 heterocycles. The van der Waals surface area contributed by atoms with E-state index in [9.17, 15) is 20.1 Å². The monoisotopic (exact) mass is 581 g/mol. The summed E-state index contributed by atoms with van der Waals surface area (Å²) < 4.78 is 10.4. The third-order valence-electron chi connectivity index (χ3n) is 11.3. The normalized spacial score (nSPS) is 32.0. The number of terminal acetylenes is 1. The lowest BCUT2D eigenvalue weighted by Crippen LogP contribution is -2.54. The molecule has 4 aliphatic rings. The molecule has 3 saturated carbocycles. The second kappa shape index (κ2) is 10.6. The molecule has 0 saturated heterocycles. The fourth-order valence-electron chi connectivity index (χ4n) is 8.78. The maximum Gasteiger partial charge on any atom is 0.200 e. The number of rotatable bonds is 3. The second-order valence-corrected chi connectivity index (χ2v) is 13.1. The lowest BCUT2D eigenvalue weighted by atomic mass is 9.46. The number of phenolic OH excluding ortho intramolecular Hbond substituents is 2. The third kappa shape index (κ3) is 4.55. The van der Waals surface area contributed by atoms with Gasteiger partial charge >= 0.3 is 0 Å². The lowest BCUT2D eigenvalue weighted by Gasteiger charge is -2.58. The van der Waals surface area contributed by atoms with Crippen molar-refractivity contribution in [2.45, 2.75) is 64.4 Å². The van der Waals surface area contributed by atoms with Crippen LogP contribution in [0.2, 0.25) is 0 Å². The van der Waals surface area contributed by atoms with Crippen LogP contribution in [0.3, 0.4) is 0 Å². The van der Waals surface area contributed by atoms with Gasteiger partial charge in [-0.05, 0) is 98.5 Å². The number of allylic oxidation sites excluding steroid dienone is 1. The van der Waals surface area contributed by atoms with E-state index in [-0.39, 0.29) is 33.5 Å². The van der Waals surface area contributed by atoms with Gasteiger partial charge in [0.05, 0.1) is 24.4 Å². The molecular weight excluding hydrogens is 542 g/mol. The van der Waals surface area contributed by atoms with E-state index in [0.717, 1.165) is 44.3 Å². The van der Waals surface area contributed by atoms with Crippen molar-refractivity contribution in [3.63, 3.8) is 0 Å². The molecule has 1 aromatic heterocycles. The van der Waals surface area contributed by atoms with E-state index < -0.39 is 11.4 Å². The summed E-state index contributed by atoms with van der Waals surface area (Å²) in [4.78, 5) is 12.1. The van der Waals surface area contributed by atoms with Crippen molar-refractivity contribution in [1.29, 1.82) is 0 Å². The molecule has 3 N–H and O–H groups in total. The van der Waals surface area contributed by atoms with Crippen LogP contribution in [-0.4, -0.2) is 39.0 Å². The molecule has 224 valence electrons. The molecule has 6 unspecified atom stereocenters. The Labute approximate surface area is 252 Å². The molecule has 3 aromatic rings. The lowest BCUT2D eigenvalue weighted by molar-refractivity contribution is -0.0975. The number of ether oxygens (including phenoxy) is 1. The Kier molecular flexibility index (Phi) is 7.17. The molecule has 2 aromatic carbocycles. The van der Waals surface area contributed by atoms with E-state index in [0.29, 0.717) is 23.5 Å². The minimum Gasteiger partial charge on any atom is -0.507 e. The minimum absolute atomic E-state index is 0.113. The first-order chi connectivity index (χ1) is 20.5. The summed E-state index contributed by atoms with van der Waals surface area (Å²) in [6.45, 7) is 4.71. The third-order valence-corrected chi connectivity index (χ3v) is 11.3. The molecule has 43 heavy (non-hydrogen) atoms. The summed E-state index contributed by atoms with van der Waals surface area (Å²) in [6.07, 6.45) is 17.4. The minimum atomic E-state index is -0.909. The zero-order valence-electron chi connectivity index (χ0n) is 25.0. The quantitative estimate of drug-likeness (QED) is 0.237. The number of aliphatic hydroxyl groups is 1. The highest BCUT2D eigenvalue weighted by Gasteiger charge is 2.63. The van der Waals surface area contributed by atoms with Gasteiger partial charge in [0.15, 0.2) is 11.5 Å².